The van der Waals surface area contributed by atoms with Gasteiger partial charge in [-0.05, 0) is 52.7 Å². The largest absolute Gasteiger partial charge is 0.481 e. The second-order valence-electron chi connectivity index (χ2n) is 8.57. The van der Waals surface area contributed by atoms with Crippen molar-refractivity contribution < 1.29 is 24.6 Å². The molecular weight excluding hydrogens is 384 g/mol. The van der Waals surface area contributed by atoms with Crippen LogP contribution in [-0.4, -0.2) is 59.6 Å². The van der Waals surface area contributed by atoms with E-state index in [2.05, 4.69) is 10.2 Å². The van der Waals surface area contributed by atoms with E-state index < -0.39 is 11.9 Å². The SMILES string of the molecule is CN(C)CCCC(=O)NC(CCCCCCCC(=O)O)CCCCCCCC(=O)O. The maximum atomic E-state index is 12.3. The lowest BCUT2D eigenvalue weighted by atomic mass is 9.99. The summed E-state index contributed by atoms with van der Waals surface area (Å²) in [6.07, 6.45) is 13.6. The van der Waals surface area contributed by atoms with Crippen molar-refractivity contribution in [3.8, 4) is 0 Å². The quantitative estimate of drug-likeness (QED) is 0.233. The second kappa shape index (κ2) is 19.3. The molecule has 1 amide bonds. The Bertz CT molecular complexity index is 441. The van der Waals surface area contributed by atoms with Crippen LogP contribution in [0.25, 0.3) is 0 Å². The number of carboxylic acid groups (broad SMARTS) is 2. The molecule has 7 heteroatoms. The zero-order chi connectivity index (χ0) is 22.6. The van der Waals surface area contributed by atoms with E-state index in [4.69, 9.17) is 10.2 Å². The maximum absolute atomic E-state index is 12.3. The first-order valence-electron chi connectivity index (χ1n) is 11.7. The Morgan fingerprint density at radius 2 is 1.10 bits per heavy atom. The summed E-state index contributed by atoms with van der Waals surface area (Å²) in [5.41, 5.74) is 0. The minimum Gasteiger partial charge on any atom is -0.481 e. The van der Waals surface area contributed by atoms with Crippen LogP contribution in [0, 0.1) is 0 Å². The molecular formula is C23H44N2O5. The van der Waals surface area contributed by atoms with Crippen molar-refractivity contribution >= 4 is 17.8 Å². The summed E-state index contributed by atoms with van der Waals surface area (Å²) < 4.78 is 0. The zero-order valence-electron chi connectivity index (χ0n) is 19.2. The highest BCUT2D eigenvalue weighted by molar-refractivity contribution is 5.76. The van der Waals surface area contributed by atoms with Gasteiger partial charge in [0, 0.05) is 25.3 Å². The first-order valence-corrected chi connectivity index (χ1v) is 11.7. The number of hydrogen-bond acceptors (Lipinski definition) is 4. The molecule has 0 rings (SSSR count). The van der Waals surface area contributed by atoms with Gasteiger partial charge >= 0.3 is 11.9 Å². The van der Waals surface area contributed by atoms with Gasteiger partial charge in [0.2, 0.25) is 5.91 Å². The summed E-state index contributed by atoms with van der Waals surface area (Å²) in [6, 6.07) is 0.204. The van der Waals surface area contributed by atoms with Crippen LogP contribution >= 0.6 is 0 Å². The third-order valence-electron chi connectivity index (χ3n) is 5.26. The van der Waals surface area contributed by atoms with Crippen LogP contribution in [0.3, 0.4) is 0 Å². The number of carbonyl (C=O) groups excluding carboxylic acids is 1. The summed E-state index contributed by atoms with van der Waals surface area (Å²) in [6.45, 7) is 0.908. The molecule has 30 heavy (non-hydrogen) atoms. The van der Waals surface area contributed by atoms with Gasteiger partial charge in [-0.25, -0.2) is 0 Å². The van der Waals surface area contributed by atoms with E-state index in [0.29, 0.717) is 6.42 Å². The molecule has 0 radical (unpaired) electrons. The highest BCUT2D eigenvalue weighted by atomic mass is 16.4. The van der Waals surface area contributed by atoms with Crippen LogP contribution in [-0.2, 0) is 14.4 Å². The Kier molecular flexibility index (Phi) is 18.3. The predicted octanol–water partition coefficient (Wildman–Crippen LogP) is 4.44. The van der Waals surface area contributed by atoms with E-state index in [-0.39, 0.29) is 24.8 Å². The van der Waals surface area contributed by atoms with Crippen molar-refractivity contribution in [3.05, 3.63) is 0 Å². The number of carboxylic acids is 2. The normalized spacial score (nSPS) is 11.2. The van der Waals surface area contributed by atoms with Crippen molar-refractivity contribution in [3.63, 3.8) is 0 Å². The third-order valence-corrected chi connectivity index (χ3v) is 5.26. The van der Waals surface area contributed by atoms with Crippen LogP contribution in [0.4, 0.5) is 0 Å². The zero-order valence-corrected chi connectivity index (χ0v) is 19.2. The standard InChI is InChI=1S/C23H44N2O5/c1-25(2)19-13-16-21(26)24-20(14-9-5-3-7-11-17-22(27)28)15-10-6-4-8-12-18-23(29)30/h20H,3-19H2,1-2H3,(H,24,26)(H,27,28)(H,29,30). The summed E-state index contributed by atoms with van der Waals surface area (Å²) in [5, 5.41) is 20.6. The average molecular weight is 429 g/mol. The molecule has 0 aromatic carbocycles. The van der Waals surface area contributed by atoms with Crippen molar-refractivity contribution in [2.45, 2.75) is 109 Å². The number of nitrogens with zero attached hydrogens (tertiary/aromatic N) is 1. The molecule has 0 unspecified atom stereocenters. The monoisotopic (exact) mass is 428 g/mol. The molecule has 0 aromatic heterocycles. The van der Waals surface area contributed by atoms with Gasteiger partial charge in [-0.3, -0.25) is 14.4 Å². The van der Waals surface area contributed by atoms with Gasteiger partial charge in [0.05, 0.1) is 0 Å². The minimum absolute atomic E-state index is 0.129. The van der Waals surface area contributed by atoms with E-state index >= 15 is 0 Å². The highest BCUT2D eigenvalue weighted by Crippen LogP contribution is 2.15. The van der Waals surface area contributed by atoms with E-state index in [0.717, 1.165) is 90.0 Å². The molecule has 0 atom stereocenters. The predicted molar refractivity (Wildman–Crippen MR) is 120 cm³/mol. The second-order valence-corrected chi connectivity index (χ2v) is 8.57. The van der Waals surface area contributed by atoms with Gasteiger partial charge in [0.15, 0.2) is 0 Å². The molecule has 0 aliphatic rings. The molecule has 7 nitrogen and oxygen atoms in total. The number of aliphatic carboxylic acids is 2. The van der Waals surface area contributed by atoms with Gasteiger partial charge in [0.25, 0.3) is 0 Å². The van der Waals surface area contributed by atoms with E-state index in [9.17, 15) is 14.4 Å². The van der Waals surface area contributed by atoms with Gasteiger partial charge < -0.3 is 20.4 Å². The fourth-order valence-electron chi connectivity index (χ4n) is 3.54. The van der Waals surface area contributed by atoms with Crippen LogP contribution in [0.2, 0.25) is 0 Å². The molecule has 0 saturated heterocycles. The number of hydrogen-bond donors (Lipinski definition) is 3. The average Bonchev–Trinajstić information content (AvgIpc) is 2.65. The number of amides is 1. The number of unbranched alkanes of at least 4 members (excludes halogenated alkanes) is 8. The third kappa shape index (κ3) is 21.1. The topological polar surface area (TPSA) is 107 Å². The van der Waals surface area contributed by atoms with E-state index in [1.165, 1.54) is 0 Å². The summed E-state index contributed by atoms with van der Waals surface area (Å²) in [7, 11) is 4.02. The Labute approximate surface area is 182 Å². The molecule has 3 N–H and O–H groups in total. The minimum atomic E-state index is -0.727. The first kappa shape index (κ1) is 28.4. The van der Waals surface area contributed by atoms with E-state index in [1.807, 2.05) is 14.1 Å². The maximum Gasteiger partial charge on any atom is 0.303 e. The fourth-order valence-corrected chi connectivity index (χ4v) is 3.54. The lowest BCUT2D eigenvalue weighted by Crippen LogP contribution is -2.35. The van der Waals surface area contributed by atoms with Crippen LogP contribution in [0.1, 0.15) is 103 Å². The Morgan fingerprint density at radius 3 is 1.53 bits per heavy atom. The molecule has 0 heterocycles. The molecule has 0 spiro atoms. The molecule has 0 fully saturated rings. The van der Waals surface area contributed by atoms with Crippen LogP contribution < -0.4 is 5.32 Å². The summed E-state index contributed by atoms with van der Waals surface area (Å²) >= 11 is 0. The fraction of sp³-hybridized carbons (Fsp3) is 0.870. The molecule has 0 saturated carbocycles. The summed E-state index contributed by atoms with van der Waals surface area (Å²) in [5.74, 6) is -1.32. The number of carbonyl (C=O) groups is 3. The molecule has 0 aliphatic heterocycles. The molecule has 0 aliphatic carbocycles. The Balaban J connectivity index is 4.10. The van der Waals surface area contributed by atoms with Gasteiger partial charge in [-0.1, -0.05) is 51.4 Å². The lowest BCUT2D eigenvalue weighted by Gasteiger charge is -2.19. The lowest BCUT2D eigenvalue weighted by molar-refractivity contribution is -0.138. The number of rotatable bonds is 21. The highest BCUT2D eigenvalue weighted by Gasteiger charge is 2.12. The van der Waals surface area contributed by atoms with E-state index in [1.54, 1.807) is 0 Å². The molecule has 176 valence electrons. The smallest absolute Gasteiger partial charge is 0.303 e. The van der Waals surface area contributed by atoms with Gasteiger partial charge in [-0.15, -0.1) is 0 Å². The number of nitrogens with one attached hydrogen (secondary N) is 1. The van der Waals surface area contributed by atoms with Crippen LogP contribution in [0.5, 0.6) is 0 Å². The molecule has 0 bridgehead atoms. The van der Waals surface area contributed by atoms with Crippen LogP contribution in [0.15, 0.2) is 0 Å². The van der Waals surface area contributed by atoms with Gasteiger partial charge in [0.1, 0.15) is 0 Å². The Hall–Kier alpha value is -1.63. The van der Waals surface area contributed by atoms with Crippen molar-refractivity contribution in [1.29, 1.82) is 0 Å². The summed E-state index contributed by atoms with van der Waals surface area (Å²) in [4.78, 5) is 35.4. The van der Waals surface area contributed by atoms with Gasteiger partial charge in [-0.2, -0.15) is 0 Å². The molecule has 0 aromatic rings. The Morgan fingerprint density at radius 1 is 0.667 bits per heavy atom. The van der Waals surface area contributed by atoms with Crippen molar-refractivity contribution in [2.24, 2.45) is 0 Å². The first-order chi connectivity index (χ1) is 14.3. The van der Waals surface area contributed by atoms with Crippen molar-refractivity contribution in [1.82, 2.24) is 10.2 Å². The van der Waals surface area contributed by atoms with Crippen molar-refractivity contribution in [2.75, 3.05) is 20.6 Å².